The second kappa shape index (κ2) is 8.85. The molecule has 0 aliphatic rings. The Labute approximate surface area is 135 Å². The molecule has 2 rings (SSSR count). The first-order chi connectivity index (χ1) is 11.2. The van der Waals surface area contributed by atoms with E-state index in [-0.39, 0.29) is 12.4 Å². The van der Waals surface area contributed by atoms with Crippen LogP contribution in [-0.2, 0) is 24.4 Å². The first-order valence-corrected chi connectivity index (χ1v) is 7.33. The van der Waals surface area contributed by atoms with Crippen LogP contribution in [0.3, 0.4) is 0 Å². The Morgan fingerprint density at radius 3 is 2.74 bits per heavy atom. The van der Waals surface area contributed by atoms with E-state index >= 15 is 0 Å². The highest BCUT2D eigenvalue weighted by molar-refractivity contribution is 5.79. The number of rotatable bonds is 6. The number of guanidine groups is 1. The van der Waals surface area contributed by atoms with Gasteiger partial charge in [0.15, 0.2) is 5.96 Å². The summed E-state index contributed by atoms with van der Waals surface area (Å²) in [6.45, 7) is 1.38. The molecular weight excluding hydrogens is 295 g/mol. The number of pyridine rings is 1. The van der Waals surface area contributed by atoms with Gasteiger partial charge in [0.2, 0.25) is 0 Å². The Kier molecular flexibility index (Phi) is 6.50. The van der Waals surface area contributed by atoms with E-state index in [9.17, 15) is 4.39 Å². The molecule has 6 heteroatoms. The van der Waals surface area contributed by atoms with Crippen LogP contribution < -0.4 is 10.6 Å². The van der Waals surface area contributed by atoms with Gasteiger partial charge in [0.05, 0.1) is 18.8 Å². The topological polar surface area (TPSA) is 58.5 Å². The minimum atomic E-state index is -0.256. The van der Waals surface area contributed by atoms with Crippen LogP contribution in [0.2, 0.25) is 0 Å². The van der Waals surface area contributed by atoms with Crippen LogP contribution in [-0.4, -0.2) is 25.1 Å². The lowest BCUT2D eigenvalue weighted by molar-refractivity contribution is 0.181. The Morgan fingerprint density at radius 2 is 2.04 bits per heavy atom. The summed E-state index contributed by atoms with van der Waals surface area (Å²) in [6, 6.07) is 10.7. The number of nitrogens with one attached hydrogen (secondary N) is 2. The highest BCUT2D eigenvalue weighted by Crippen LogP contribution is 2.11. The zero-order valence-electron chi connectivity index (χ0n) is 13.3. The van der Waals surface area contributed by atoms with Crippen molar-refractivity contribution in [3.63, 3.8) is 0 Å². The average molecular weight is 316 g/mol. The molecule has 1 aromatic carbocycles. The van der Waals surface area contributed by atoms with Gasteiger partial charge in [0.1, 0.15) is 5.82 Å². The number of nitrogens with zero attached hydrogens (tertiary/aromatic N) is 2. The SMILES string of the molecule is CN=C(NCc1ccc(F)c(COC)c1)NCc1ccccn1. The van der Waals surface area contributed by atoms with Gasteiger partial charge in [0.25, 0.3) is 0 Å². The van der Waals surface area contributed by atoms with Crippen molar-refractivity contribution in [1.29, 1.82) is 0 Å². The zero-order valence-corrected chi connectivity index (χ0v) is 13.3. The average Bonchev–Trinajstić information content (AvgIpc) is 2.59. The molecule has 0 unspecified atom stereocenters. The van der Waals surface area contributed by atoms with Crippen molar-refractivity contribution in [2.45, 2.75) is 19.7 Å². The third kappa shape index (κ3) is 5.34. The van der Waals surface area contributed by atoms with Crippen LogP contribution in [0, 0.1) is 5.82 Å². The van der Waals surface area contributed by atoms with Crippen molar-refractivity contribution in [2.75, 3.05) is 14.2 Å². The maximum atomic E-state index is 13.6. The molecule has 0 atom stereocenters. The number of halogens is 1. The van der Waals surface area contributed by atoms with Crippen molar-refractivity contribution in [1.82, 2.24) is 15.6 Å². The number of aromatic nitrogens is 1. The predicted octanol–water partition coefficient (Wildman–Crippen LogP) is 2.23. The molecule has 2 aromatic rings. The van der Waals surface area contributed by atoms with Crippen molar-refractivity contribution in [2.24, 2.45) is 4.99 Å². The summed E-state index contributed by atoms with van der Waals surface area (Å²) in [4.78, 5) is 8.41. The smallest absolute Gasteiger partial charge is 0.191 e. The standard InChI is InChI=1S/C17H21FN4O/c1-19-17(22-11-15-5-3-4-8-20-15)21-10-13-6-7-16(18)14(9-13)12-23-2/h3-9H,10-12H2,1-2H3,(H2,19,21,22). The second-order valence-electron chi connectivity index (χ2n) is 4.96. The Bertz CT molecular complexity index is 646. The molecule has 0 amide bonds. The van der Waals surface area contributed by atoms with Crippen molar-refractivity contribution < 1.29 is 9.13 Å². The molecule has 0 aliphatic carbocycles. The van der Waals surface area contributed by atoms with E-state index in [1.54, 1.807) is 32.5 Å². The van der Waals surface area contributed by atoms with E-state index in [2.05, 4.69) is 20.6 Å². The van der Waals surface area contributed by atoms with Crippen LogP contribution in [0.25, 0.3) is 0 Å². The van der Waals surface area contributed by atoms with Crippen molar-refractivity contribution >= 4 is 5.96 Å². The Morgan fingerprint density at radius 1 is 1.22 bits per heavy atom. The molecule has 122 valence electrons. The lowest BCUT2D eigenvalue weighted by Gasteiger charge is -2.12. The van der Waals surface area contributed by atoms with Gasteiger partial charge < -0.3 is 15.4 Å². The first-order valence-electron chi connectivity index (χ1n) is 7.33. The molecule has 0 saturated heterocycles. The fourth-order valence-corrected chi connectivity index (χ4v) is 2.09. The number of ether oxygens (including phenoxy) is 1. The molecule has 0 radical (unpaired) electrons. The number of hydrogen-bond acceptors (Lipinski definition) is 3. The van der Waals surface area contributed by atoms with Gasteiger partial charge in [-0.15, -0.1) is 0 Å². The van der Waals surface area contributed by atoms with Gasteiger partial charge in [-0.2, -0.15) is 0 Å². The predicted molar refractivity (Wildman–Crippen MR) is 88.4 cm³/mol. The van der Waals surface area contributed by atoms with Crippen LogP contribution in [0.15, 0.2) is 47.6 Å². The van der Waals surface area contributed by atoms with Gasteiger partial charge in [-0.05, 0) is 29.8 Å². The summed E-state index contributed by atoms with van der Waals surface area (Å²) in [7, 11) is 3.25. The van der Waals surface area contributed by atoms with Gasteiger partial charge in [0, 0.05) is 32.5 Å². The monoisotopic (exact) mass is 316 g/mol. The minimum absolute atomic E-state index is 0.256. The Balaban J connectivity index is 1.89. The molecule has 0 spiro atoms. The summed E-state index contributed by atoms with van der Waals surface area (Å²) in [5.41, 5.74) is 2.43. The molecule has 5 nitrogen and oxygen atoms in total. The van der Waals surface area contributed by atoms with Gasteiger partial charge in [-0.3, -0.25) is 9.98 Å². The summed E-state index contributed by atoms with van der Waals surface area (Å²) in [6.07, 6.45) is 1.75. The normalized spacial score (nSPS) is 11.3. The van der Waals surface area contributed by atoms with Crippen LogP contribution in [0.4, 0.5) is 4.39 Å². The second-order valence-corrected chi connectivity index (χ2v) is 4.96. The number of methoxy groups -OCH3 is 1. The van der Waals surface area contributed by atoms with E-state index in [1.165, 1.54) is 6.07 Å². The van der Waals surface area contributed by atoms with Gasteiger partial charge in [-0.25, -0.2) is 4.39 Å². The maximum absolute atomic E-state index is 13.6. The summed E-state index contributed by atoms with van der Waals surface area (Å²) in [5.74, 6) is 0.404. The molecule has 2 N–H and O–H groups in total. The number of aliphatic imine (C=N–C) groups is 1. The van der Waals surface area contributed by atoms with E-state index in [0.29, 0.717) is 24.6 Å². The van der Waals surface area contributed by atoms with E-state index in [0.717, 1.165) is 11.3 Å². The lowest BCUT2D eigenvalue weighted by atomic mass is 10.1. The van der Waals surface area contributed by atoms with E-state index < -0.39 is 0 Å². The van der Waals surface area contributed by atoms with Crippen LogP contribution in [0.1, 0.15) is 16.8 Å². The molecular formula is C17H21FN4O. The quantitative estimate of drug-likeness (QED) is 0.634. The largest absolute Gasteiger partial charge is 0.380 e. The Hall–Kier alpha value is -2.47. The molecule has 1 aromatic heterocycles. The molecule has 0 bridgehead atoms. The van der Waals surface area contributed by atoms with Gasteiger partial charge >= 0.3 is 0 Å². The van der Waals surface area contributed by atoms with Crippen molar-refractivity contribution in [3.05, 3.63) is 65.2 Å². The fourth-order valence-electron chi connectivity index (χ4n) is 2.09. The number of benzene rings is 1. The minimum Gasteiger partial charge on any atom is -0.380 e. The molecule has 0 saturated carbocycles. The summed E-state index contributed by atoms with van der Waals surface area (Å²) >= 11 is 0. The first kappa shape index (κ1) is 16.9. The highest BCUT2D eigenvalue weighted by Gasteiger charge is 2.04. The molecule has 23 heavy (non-hydrogen) atoms. The lowest BCUT2D eigenvalue weighted by Crippen LogP contribution is -2.36. The van der Waals surface area contributed by atoms with Crippen LogP contribution >= 0.6 is 0 Å². The summed E-state index contributed by atoms with van der Waals surface area (Å²) < 4.78 is 18.6. The van der Waals surface area contributed by atoms with E-state index in [1.807, 2.05) is 18.2 Å². The third-order valence-electron chi connectivity index (χ3n) is 3.26. The molecule has 0 fully saturated rings. The molecule has 0 aliphatic heterocycles. The zero-order chi connectivity index (χ0) is 16.5. The fraction of sp³-hybridized carbons (Fsp3) is 0.294. The van der Waals surface area contributed by atoms with E-state index in [4.69, 9.17) is 4.74 Å². The van der Waals surface area contributed by atoms with Gasteiger partial charge in [-0.1, -0.05) is 12.1 Å². The number of hydrogen-bond donors (Lipinski definition) is 2. The third-order valence-corrected chi connectivity index (χ3v) is 3.26. The maximum Gasteiger partial charge on any atom is 0.191 e. The van der Waals surface area contributed by atoms with Crippen LogP contribution in [0.5, 0.6) is 0 Å². The summed E-state index contributed by atoms with van der Waals surface area (Å²) in [5, 5.41) is 6.38. The van der Waals surface area contributed by atoms with Crippen molar-refractivity contribution in [3.8, 4) is 0 Å². The molecule has 1 heterocycles. The highest BCUT2D eigenvalue weighted by atomic mass is 19.1.